The molecule has 1 aromatic rings. The van der Waals surface area contributed by atoms with Crippen LogP contribution >= 0.6 is 0 Å². The zero-order chi connectivity index (χ0) is 16.0. The van der Waals surface area contributed by atoms with Gasteiger partial charge in [-0.05, 0) is 18.6 Å². The fourth-order valence-electron chi connectivity index (χ4n) is 1.66. The molecule has 7 nitrogen and oxygen atoms in total. The van der Waals surface area contributed by atoms with Crippen LogP contribution in [0.25, 0.3) is 0 Å². The third kappa shape index (κ3) is 5.42. The highest BCUT2D eigenvalue weighted by Gasteiger charge is 2.23. The number of ether oxygens (including phenoxy) is 1. The van der Waals surface area contributed by atoms with Gasteiger partial charge in [-0.2, -0.15) is 0 Å². The lowest BCUT2D eigenvalue weighted by Crippen LogP contribution is -2.42. The lowest BCUT2D eigenvalue weighted by Gasteiger charge is -2.15. The SMILES string of the molecule is COc1ccccc1C(=O)N[C@H](CCS(C)(=O)=O)C(=O)O. The Labute approximate surface area is 122 Å². The molecule has 0 aliphatic carbocycles. The fourth-order valence-corrected chi connectivity index (χ4v) is 2.32. The second kappa shape index (κ2) is 7.07. The molecule has 1 amide bonds. The molecule has 2 N–H and O–H groups in total. The fraction of sp³-hybridized carbons (Fsp3) is 0.385. The van der Waals surface area contributed by atoms with Gasteiger partial charge in [-0.1, -0.05) is 12.1 Å². The number of benzene rings is 1. The second-order valence-corrected chi connectivity index (χ2v) is 6.74. The topological polar surface area (TPSA) is 110 Å². The highest BCUT2D eigenvalue weighted by Crippen LogP contribution is 2.17. The third-order valence-electron chi connectivity index (χ3n) is 2.73. The highest BCUT2D eigenvalue weighted by molar-refractivity contribution is 7.90. The molecule has 0 saturated heterocycles. The third-order valence-corrected chi connectivity index (χ3v) is 3.71. The molecule has 0 heterocycles. The number of para-hydroxylation sites is 1. The van der Waals surface area contributed by atoms with Crippen LogP contribution in [0, 0.1) is 0 Å². The molecule has 0 radical (unpaired) electrons. The molecule has 8 heteroatoms. The Hall–Kier alpha value is -2.09. The average Bonchev–Trinajstić information content (AvgIpc) is 2.41. The van der Waals surface area contributed by atoms with Crippen LogP contribution in [-0.2, 0) is 14.6 Å². The molecule has 0 aliphatic rings. The molecule has 1 aromatic carbocycles. The predicted octanol–water partition coefficient (Wildman–Crippen LogP) is 0.313. The Kier molecular flexibility index (Phi) is 5.71. The number of hydrogen-bond acceptors (Lipinski definition) is 5. The van der Waals surface area contributed by atoms with Crippen molar-refractivity contribution in [2.24, 2.45) is 0 Å². The summed E-state index contributed by atoms with van der Waals surface area (Å²) >= 11 is 0. The van der Waals surface area contributed by atoms with E-state index in [0.29, 0.717) is 5.75 Å². The van der Waals surface area contributed by atoms with Crippen molar-refractivity contribution in [2.75, 3.05) is 19.1 Å². The maximum absolute atomic E-state index is 12.1. The number of amides is 1. The smallest absolute Gasteiger partial charge is 0.326 e. The first-order valence-electron chi connectivity index (χ1n) is 6.09. The van der Waals surface area contributed by atoms with Crippen LogP contribution in [0.15, 0.2) is 24.3 Å². The average molecular weight is 315 g/mol. The molecule has 116 valence electrons. The van der Waals surface area contributed by atoms with Crippen molar-refractivity contribution in [2.45, 2.75) is 12.5 Å². The highest BCUT2D eigenvalue weighted by atomic mass is 32.2. The Balaban J connectivity index is 2.84. The molecule has 0 unspecified atom stereocenters. The van der Waals surface area contributed by atoms with Gasteiger partial charge >= 0.3 is 5.97 Å². The van der Waals surface area contributed by atoms with Crippen LogP contribution in [0.1, 0.15) is 16.8 Å². The van der Waals surface area contributed by atoms with E-state index >= 15 is 0 Å². The van der Waals surface area contributed by atoms with Gasteiger partial charge in [0.1, 0.15) is 21.6 Å². The van der Waals surface area contributed by atoms with E-state index in [1.54, 1.807) is 18.2 Å². The number of carbonyl (C=O) groups excluding carboxylic acids is 1. The number of hydrogen-bond donors (Lipinski definition) is 2. The summed E-state index contributed by atoms with van der Waals surface area (Å²) in [6.07, 6.45) is 0.809. The Bertz CT molecular complexity index is 625. The van der Waals surface area contributed by atoms with E-state index in [1.807, 2.05) is 0 Å². The van der Waals surface area contributed by atoms with E-state index in [1.165, 1.54) is 13.2 Å². The Morgan fingerprint density at radius 1 is 1.33 bits per heavy atom. The van der Waals surface area contributed by atoms with Crippen LogP contribution in [0.4, 0.5) is 0 Å². The number of methoxy groups -OCH3 is 1. The first kappa shape index (κ1) is 17.0. The molecule has 0 fully saturated rings. The van der Waals surface area contributed by atoms with E-state index in [2.05, 4.69) is 5.32 Å². The zero-order valence-corrected chi connectivity index (χ0v) is 12.5. The van der Waals surface area contributed by atoms with Gasteiger partial charge in [0.15, 0.2) is 0 Å². The maximum Gasteiger partial charge on any atom is 0.326 e. The van der Waals surface area contributed by atoms with Crippen LogP contribution in [0.5, 0.6) is 5.75 Å². The van der Waals surface area contributed by atoms with Gasteiger partial charge in [0.2, 0.25) is 0 Å². The van der Waals surface area contributed by atoms with Gasteiger partial charge in [-0.15, -0.1) is 0 Å². The minimum absolute atomic E-state index is 0.186. The van der Waals surface area contributed by atoms with Crippen molar-refractivity contribution in [3.05, 3.63) is 29.8 Å². The number of nitrogens with one attached hydrogen (secondary N) is 1. The monoisotopic (exact) mass is 315 g/mol. The molecular weight excluding hydrogens is 298 g/mol. The lowest BCUT2D eigenvalue weighted by molar-refractivity contribution is -0.139. The minimum Gasteiger partial charge on any atom is -0.496 e. The van der Waals surface area contributed by atoms with E-state index in [9.17, 15) is 18.0 Å². The van der Waals surface area contributed by atoms with Gasteiger partial charge in [-0.3, -0.25) is 4.79 Å². The summed E-state index contributed by atoms with van der Waals surface area (Å²) in [6.45, 7) is 0. The van der Waals surface area contributed by atoms with Crippen LogP contribution in [0.2, 0.25) is 0 Å². The Morgan fingerprint density at radius 3 is 2.48 bits per heavy atom. The van der Waals surface area contributed by atoms with Crippen molar-refractivity contribution in [3.8, 4) is 5.75 Å². The molecule has 0 aromatic heterocycles. The normalized spacial score (nSPS) is 12.5. The van der Waals surface area contributed by atoms with Crippen molar-refractivity contribution in [1.29, 1.82) is 0 Å². The number of sulfone groups is 1. The van der Waals surface area contributed by atoms with Crippen molar-refractivity contribution < 1.29 is 27.9 Å². The first-order chi connectivity index (χ1) is 9.74. The number of rotatable bonds is 7. The predicted molar refractivity (Wildman–Crippen MR) is 76.2 cm³/mol. The quantitative estimate of drug-likeness (QED) is 0.749. The molecule has 0 saturated carbocycles. The van der Waals surface area contributed by atoms with E-state index < -0.39 is 27.8 Å². The van der Waals surface area contributed by atoms with E-state index in [-0.39, 0.29) is 17.7 Å². The largest absolute Gasteiger partial charge is 0.496 e. The van der Waals surface area contributed by atoms with Crippen molar-refractivity contribution in [3.63, 3.8) is 0 Å². The summed E-state index contributed by atoms with van der Waals surface area (Å²) in [4.78, 5) is 23.2. The molecule has 0 aliphatic heterocycles. The maximum atomic E-state index is 12.1. The van der Waals surface area contributed by atoms with Crippen LogP contribution < -0.4 is 10.1 Å². The summed E-state index contributed by atoms with van der Waals surface area (Å²) in [6, 6.07) is 5.07. The van der Waals surface area contributed by atoms with Gasteiger partial charge in [0, 0.05) is 6.26 Å². The van der Waals surface area contributed by atoms with E-state index in [4.69, 9.17) is 9.84 Å². The standard InChI is InChI=1S/C13H17NO6S/c1-20-11-6-4-3-5-9(11)12(15)14-10(13(16)17)7-8-21(2,18)19/h3-6,10H,7-8H2,1-2H3,(H,14,15)(H,16,17)/t10-/m1/s1. The van der Waals surface area contributed by atoms with Crippen LogP contribution in [0.3, 0.4) is 0 Å². The number of aliphatic carboxylic acids is 1. The molecule has 0 bridgehead atoms. The summed E-state index contributed by atoms with van der Waals surface area (Å²) in [7, 11) is -1.91. The lowest BCUT2D eigenvalue weighted by atomic mass is 10.1. The van der Waals surface area contributed by atoms with Crippen LogP contribution in [-0.4, -0.2) is 50.6 Å². The summed E-state index contributed by atoms with van der Waals surface area (Å²) in [5, 5.41) is 11.3. The molecule has 0 spiro atoms. The number of carboxylic acids is 1. The van der Waals surface area contributed by atoms with Gasteiger partial charge in [0.05, 0.1) is 18.4 Å². The van der Waals surface area contributed by atoms with Gasteiger partial charge in [0.25, 0.3) is 5.91 Å². The molecule has 1 atom stereocenters. The Morgan fingerprint density at radius 2 is 1.95 bits per heavy atom. The summed E-state index contributed by atoms with van der Waals surface area (Å²) in [5.74, 6) is -1.94. The van der Waals surface area contributed by atoms with Gasteiger partial charge < -0.3 is 15.2 Å². The van der Waals surface area contributed by atoms with E-state index in [0.717, 1.165) is 6.26 Å². The molecule has 1 rings (SSSR count). The summed E-state index contributed by atoms with van der Waals surface area (Å²) in [5.41, 5.74) is 0.186. The minimum atomic E-state index is -3.31. The summed E-state index contributed by atoms with van der Waals surface area (Å²) < 4.78 is 27.2. The van der Waals surface area contributed by atoms with Gasteiger partial charge in [-0.25, -0.2) is 13.2 Å². The number of carbonyl (C=O) groups is 2. The molecular formula is C13H17NO6S. The molecule has 21 heavy (non-hydrogen) atoms. The van der Waals surface area contributed by atoms with Crippen molar-refractivity contribution >= 4 is 21.7 Å². The first-order valence-corrected chi connectivity index (χ1v) is 8.15. The second-order valence-electron chi connectivity index (χ2n) is 4.48. The number of carboxylic acid groups (broad SMARTS) is 1. The zero-order valence-electron chi connectivity index (χ0n) is 11.7. The van der Waals surface area contributed by atoms with Crippen molar-refractivity contribution in [1.82, 2.24) is 5.32 Å².